The molecule has 0 aliphatic rings. The number of anilines is 1. The van der Waals surface area contributed by atoms with Crippen molar-refractivity contribution in [3.63, 3.8) is 0 Å². The van der Waals surface area contributed by atoms with E-state index < -0.39 is 18.0 Å². The number of hydrogen-bond acceptors (Lipinski definition) is 2. The number of likely N-dealkylation sites (N-methyl/N-ethyl adjacent to an activating group) is 1. The molecule has 0 fully saturated rings. The average molecular weight is 315 g/mol. The summed E-state index contributed by atoms with van der Waals surface area (Å²) in [5.74, 6) is -1.04. The first-order valence-corrected chi connectivity index (χ1v) is 6.15. The van der Waals surface area contributed by atoms with Crippen LogP contribution in [-0.2, 0) is 4.79 Å². The zero-order chi connectivity index (χ0) is 13.9. The fraction of sp³-hybridized carbons (Fsp3) is 0.333. The quantitative estimate of drug-likeness (QED) is 0.901. The van der Waals surface area contributed by atoms with Crippen molar-refractivity contribution in [2.24, 2.45) is 0 Å². The first-order valence-electron chi connectivity index (χ1n) is 5.35. The van der Waals surface area contributed by atoms with Gasteiger partial charge in [0.25, 0.3) is 0 Å². The van der Waals surface area contributed by atoms with Gasteiger partial charge < -0.3 is 15.3 Å². The molecular formula is C12H15BrN2O3. The molecule has 1 unspecified atom stereocenters. The first-order chi connectivity index (χ1) is 8.32. The number of carbonyl (C=O) groups is 2. The molecule has 5 nitrogen and oxygen atoms in total. The number of carboxylic acids is 1. The maximum atomic E-state index is 11.8. The second-order valence-corrected chi connectivity index (χ2v) is 4.87. The van der Waals surface area contributed by atoms with E-state index in [4.69, 9.17) is 5.11 Å². The third kappa shape index (κ3) is 3.46. The van der Waals surface area contributed by atoms with Crippen molar-refractivity contribution in [1.29, 1.82) is 0 Å². The van der Waals surface area contributed by atoms with E-state index in [0.717, 1.165) is 14.9 Å². The number of nitrogens with zero attached hydrogens (tertiary/aromatic N) is 1. The lowest BCUT2D eigenvalue weighted by atomic mass is 10.2. The lowest BCUT2D eigenvalue weighted by Crippen LogP contribution is -2.42. The Hall–Kier alpha value is -1.56. The fourth-order valence-corrected chi connectivity index (χ4v) is 1.60. The predicted molar refractivity (Wildman–Crippen MR) is 72.8 cm³/mol. The van der Waals surface area contributed by atoms with Crippen molar-refractivity contribution >= 4 is 33.6 Å². The Kier molecular flexibility index (Phi) is 4.72. The highest BCUT2D eigenvalue weighted by molar-refractivity contribution is 9.10. The molecule has 1 rings (SSSR count). The first kappa shape index (κ1) is 14.5. The highest BCUT2D eigenvalue weighted by Gasteiger charge is 2.21. The van der Waals surface area contributed by atoms with Gasteiger partial charge >= 0.3 is 12.0 Å². The molecule has 0 bridgehead atoms. The molecular weight excluding hydrogens is 300 g/mol. The van der Waals surface area contributed by atoms with E-state index in [1.807, 2.05) is 13.0 Å². The van der Waals surface area contributed by atoms with E-state index >= 15 is 0 Å². The van der Waals surface area contributed by atoms with E-state index in [9.17, 15) is 9.59 Å². The van der Waals surface area contributed by atoms with Gasteiger partial charge in [-0.1, -0.05) is 22.0 Å². The van der Waals surface area contributed by atoms with Crippen molar-refractivity contribution in [2.45, 2.75) is 19.9 Å². The molecule has 18 heavy (non-hydrogen) atoms. The number of aliphatic carboxylic acids is 1. The van der Waals surface area contributed by atoms with Gasteiger partial charge in [0.2, 0.25) is 0 Å². The summed E-state index contributed by atoms with van der Waals surface area (Å²) >= 11 is 3.37. The molecule has 0 saturated heterocycles. The number of urea groups is 1. The van der Waals surface area contributed by atoms with Crippen molar-refractivity contribution in [3.05, 3.63) is 28.2 Å². The summed E-state index contributed by atoms with van der Waals surface area (Å²) < 4.78 is 0.884. The normalized spacial score (nSPS) is 11.8. The smallest absolute Gasteiger partial charge is 0.326 e. The van der Waals surface area contributed by atoms with Gasteiger partial charge in [0.15, 0.2) is 0 Å². The molecule has 1 aromatic carbocycles. The van der Waals surface area contributed by atoms with Crippen LogP contribution in [0.5, 0.6) is 0 Å². The average Bonchev–Trinajstić information content (AvgIpc) is 2.31. The third-order valence-electron chi connectivity index (χ3n) is 2.68. The monoisotopic (exact) mass is 314 g/mol. The van der Waals surface area contributed by atoms with E-state index in [2.05, 4.69) is 21.2 Å². The van der Waals surface area contributed by atoms with Crippen LogP contribution in [-0.4, -0.2) is 35.1 Å². The minimum atomic E-state index is -1.04. The predicted octanol–water partition coefficient (Wildman–Crippen LogP) is 2.69. The molecule has 98 valence electrons. The van der Waals surface area contributed by atoms with Crippen molar-refractivity contribution in [2.75, 3.05) is 12.4 Å². The number of rotatable bonds is 3. The van der Waals surface area contributed by atoms with Gasteiger partial charge in [-0.25, -0.2) is 9.59 Å². The zero-order valence-corrected chi connectivity index (χ0v) is 12.0. The highest BCUT2D eigenvalue weighted by atomic mass is 79.9. The number of carboxylic acid groups (broad SMARTS) is 1. The molecule has 0 radical (unpaired) electrons. The number of carbonyl (C=O) groups excluding carboxylic acids is 1. The van der Waals surface area contributed by atoms with Crippen LogP contribution in [0.4, 0.5) is 10.5 Å². The summed E-state index contributed by atoms with van der Waals surface area (Å²) in [5.41, 5.74) is 1.67. The Balaban J connectivity index is 2.75. The molecule has 0 aromatic heterocycles. The van der Waals surface area contributed by atoms with Crippen LogP contribution in [0.3, 0.4) is 0 Å². The second-order valence-electron chi connectivity index (χ2n) is 4.02. The maximum absolute atomic E-state index is 11.8. The van der Waals surface area contributed by atoms with E-state index in [0.29, 0.717) is 5.69 Å². The van der Waals surface area contributed by atoms with Crippen molar-refractivity contribution < 1.29 is 14.7 Å². The van der Waals surface area contributed by atoms with Crippen LogP contribution in [0.1, 0.15) is 12.5 Å². The Morgan fingerprint density at radius 2 is 2.06 bits per heavy atom. The van der Waals surface area contributed by atoms with Gasteiger partial charge in [0, 0.05) is 17.2 Å². The Labute approximate surface area is 114 Å². The molecule has 2 N–H and O–H groups in total. The van der Waals surface area contributed by atoms with Crippen molar-refractivity contribution in [3.8, 4) is 0 Å². The fourth-order valence-electron chi connectivity index (χ4n) is 1.22. The molecule has 0 heterocycles. The molecule has 2 amide bonds. The zero-order valence-electron chi connectivity index (χ0n) is 10.4. The van der Waals surface area contributed by atoms with Gasteiger partial charge in [-0.05, 0) is 31.5 Å². The lowest BCUT2D eigenvalue weighted by Gasteiger charge is -2.22. The van der Waals surface area contributed by atoms with Crippen LogP contribution in [0.15, 0.2) is 22.7 Å². The molecule has 0 spiro atoms. The van der Waals surface area contributed by atoms with Crippen LogP contribution < -0.4 is 5.32 Å². The topological polar surface area (TPSA) is 69.6 Å². The SMILES string of the molecule is Cc1ccc(NC(=O)N(C)C(C)C(=O)O)cc1Br. The lowest BCUT2D eigenvalue weighted by molar-refractivity contribution is -0.141. The maximum Gasteiger partial charge on any atom is 0.326 e. The largest absolute Gasteiger partial charge is 0.480 e. The summed E-state index contributed by atoms with van der Waals surface area (Å²) in [6.07, 6.45) is 0. The molecule has 0 aliphatic heterocycles. The summed E-state index contributed by atoms with van der Waals surface area (Å²) in [6, 6.07) is 4.06. The Bertz CT molecular complexity index is 476. The second kappa shape index (κ2) is 5.86. The number of benzene rings is 1. The van der Waals surface area contributed by atoms with Crippen LogP contribution >= 0.6 is 15.9 Å². The Morgan fingerprint density at radius 3 is 2.56 bits per heavy atom. The van der Waals surface area contributed by atoms with Gasteiger partial charge in [0.05, 0.1) is 0 Å². The minimum absolute atomic E-state index is 0.458. The van der Waals surface area contributed by atoms with Crippen molar-refractivity contribution in [1.82, 2.24) is 4.90 Å². The van der Waals surface area contributed by atoms with Crippen LogP contribution in [0.25, 0.3) is 0 Å². The summed E-state index contributed by atoms with van der Waals surface area (Å²) in [4.78, 5) is 23.7. The summed E-state index contributed by atoms with van der Waals surface area (Å²) in [5, 5.41) is 11.5. The molecule has 6 heteroatoms. The van der Waals surface area contributed by atoms with Gasteiger partial charge in [-0.15, -0.1) is 0 Å². The van der Waals surface area contributed by atoms with E-state index in [1.54, 1.807) is 12.1 Å². The Morgan fingerprint density at radius 1 is 1.44 bits per heavy atom. The number of nitrogens with one attached hydrogen (secondary N) is 1. The number of hydrogen-bond donors (Lipinski definition) is 2. The van der Waals surface area contributed by atoms with E-state index in [-0.39, 0.29) is 0 Å². The summed E-state index contributed by atoms with van der Waals surface area (Å²) in [6.45, 7) is 3.39. The molecule has 0 aliphatic carbocycles. The van der Waals surface area contributed by atoms with Gasteiger partial charge in [-0.2, -0.15) is 0 Å². The van der Waals surface area contributed by atoms with Gasteiger partial charge in [0.1, 0.15) is 6.04 Å². The number of amides is 2. The molecule has 1 aromatic rings. The number of aryl methyl sites for hydroxylation is 1. The van der Waals surface area contributed by atoms with Crippen LogP contribution in [0, 0.1) is 6.92 Å². The molecule has 1 atom stereocenters. The minimum Gasteiger partial charge on any atom is -0.480 e. The van der Waals surface area contributed by atoms with Crippen LogP contribution in [0.2, 0.25) is 0 Å². The van der Waals surface area contributed by atoms with Gasteiger partial charge in [-0.3, -0.25) is 0 Å². The standard InChI is InChI=1S/C12H15BrN2O3/c1-7-4-5-9(6-10(7)13)14-12(18)15(3)8(2)11(16)17/h4-6,8H,1-3H3,(H,14,18)(H,16,17). The summed E-state index contributed by atoms with van der Waals surface area (Å²) in [7, 11) is 1.44. The molecule has 0 saturated carbocycles. The highest BCUT2D eigenvalue weighted by Crippen LogP contribution is 2.20. The van der Waals surface area contributed by atoms with E-state index in [1.165, 1.54) is 14.0 Å². The third-order valence-corrected chi connectivity index (χ3v) is 3.54. The number of halogens is 1.